The summed E-state index contributed by atoms with van der Waals surface area (Å²) in [6, 6.07) is 30.6. The molecule has 0 unspecified atom stereocenters. The van der Waals surface area contributed by atoms with Crippen LogP contribution in [0.25, 0.3) is 0 Å². The molecule has 3 aromatic rings. The number of hydrogen-bond acceptors (Lipinski definition) is 1. The molecule has 0 heterocycles. The standard InChI is InChI=1S/C25H28S/c1-20-13-11-12-18-23(20)26-19-25(4,22-16-9-6-10-17-22)24(2,3)21-14-7-5-8-15-21/h5-18H,19H2,1-4H3/t25-/m1/s1. The molecular formula is C25H28S. The fraction of sp³-hybridized carbons (Fsp3) is 0.280. The Labute approximate surface area is 162 Å². The van der Waals surface area contributed by atoms with Crippen LogP contribution in [-0.4, -0.2) is 5.75 Å². The zero-order chi connectivity index (χ0) is 18.6. The molecule has 26 heavy (non-hydrogen) atoms. The molecule has 0 amide bonds. The van der Waals surface area contributed by atoms with Gasteiger partial charge in [0.1, 0.15) is 0 Å². The van der Waals surface area contributed by atoms with Crippen LogP contribution in [-0.2, 0) is 10.8 Å². The van der Waals surface area contributed by atoms with E-state index in [9.17, 15) is 0 Å². The fourth-order valence-corrected chi connectivity index (χ4v) is 4.99. The molecule has 3 aromatic carbocycles. The number of rotatable bonds is 6. The van der Waals surface area contributed by atoms with Crippen molar-refractivity contribution in [3.05, 3.63) is 102 Å². The van der Waals surface area contributed by atoms with Gasteiger partial charge in [-0.2, -0.15) is 0 Å². The highest BCUT2D eigenvalue weighted by Gasteiger charge is 2.43. The van der Waals surface area contributed by atoms with E-state index < -0.39 is 0 Å². The van der Waals surface area contributed by atoms with Gasteiger partial charge in [0.2, 0.25) is 0 Å². The smallest absolute Gasteiger partial charge is 0.0110 e. The van der Waals surface area contributed by atoms with Gasteiger partial charge in [-0.05, 0) is 35.1 Å². The molecule has 0 spiro atoms. The molecule has 0 saturated heterocycles. The Morgan fingerprint density at radius 2 is 1.15 bits per heavy atom. The van der Waals surface area contributed by atoms with Crippen molar-refractivity contribution in [2.24, 2.45) is 0 Å². The van der Waals surface area contributed by atoms with Gasteiger partial charge in [-0.25, -0.2) is 0 Å². The minimum atomic E-state index is 0.00254. The second-order valence-corrected chi connectivity index (χ2v) is 8.76. The lowest BCUT2D eigenvalue weighted by Crippen LogP contribution is -2.45. The second-order valence-electron chi connectivity index (χ2n) is 7.74. The average Bonchev–Trinajstić information content (AvgIpc) is 2.68. The number of aryl methyl sites for hydroxylation is 1. The highest BCUT2D eigenvalue weighted by atomic mass is 32.2. The molecule has 1 atom stereocenters. The topological polar surface area (TPSA) is 0 Å². The summed E-state index contributed by atoms with van der Waals surface area (Å²) >= 11 is 1.97. The minimum absolute atomic E-state index is 0.00254. The van der Waals surface area contributed by atoms with Gasteiger partial charge >= 0.3 is 0 Å². The van der Waals surface area contributed by atoms with Crippen molar-refractivity contribution in [1.82, 2.24) is 0 Å². The SMILES string of the molecule is Cc1ccccc1SC[C@](C)(c1ccccc1)C(C)(C)c1ccccc1. The lowest BCUT2D eigenvalue weighted by molar-refractivity contribution is 0.309. The van der Waals surface area contributed by atoms with E-state index in [-0.39, 0.29) is 10.8 Å². The molecule has 0 radical (unpaired) electrons. The first-order chi connectivity index (χ1) is 12.4. The van der Waals surface area contributed by atoms with Crippen LogP contribution in [0.1, 0.15) is 37.5 Å². The van der Waals surface area contributed by atoms with Crippen LogP contribution >= 0.6 is 11.8 Å². The summed E-state index contributed by atoms with van der Waals surface area (Å²) in [6.07, 6.45) is 0. The van der Waals surface area contributed by atoms with Gasteiger partial charge in [-0.15, -0.1) is 11.8 Å². The van der Waals surface area contributed by atoms with Crippen molar-refractivity contribution in [3.63, 3.8) is 0 Å². The van der Waals surface area contributed by atoms with Crippen LogP contribution in [0.2, 0.25) is 0 Å². The zero-order valence-corrected chi connectivity index (χ0v) is 17.0. The average molecular weight is 361 g/mol. The van der Waals surface area contributed by atoms with Crippen LogP contribution in [0.5, 0.6) is 0 Å². The predicted octanol–water partition coefficient (Wildman–Crippen LogP) is 7.02. The van der Waals surface area contributed by atoms with Crippen LogP contribution in [0, 0.1) is 6.92 Å². The molecule has 0 aliphatic heterocycles. The number of hydrogen-bond donors (Lipinski definition) is 0. The van der Waals surface area contributed by atoms with Gasteiger partial charge in [0.05, 0.1) is 0 Å². The number of thioether (sulfide) groups is 1. The molecule has 134 valence electrons. The Bertz CT molecular complexity index is 836. The van der Waals surface area contributed by atoms with E-state index >= 15 is 0 Å². The van der Waals surface area contributed by atoms with Crippen molar-refractivity contribution < 1.29 is 0 Å². The molecule has 0 bridgehead atoms. The summed E-state index contributed by atoms with van der Waals surface area (Å²) in [7, 11) is 0. The van der Waals surface area contributed by atoms with E-state index in [1.54, 1.807) is 0 Å². The predicted molar refractivity (Wildman–Crippen MR) is 115 cm³/mol. The third-order valence-electron chi connectivity index (χ3n) is 5.90. The molecule has 0 N–H and O–H groups in total. The lowest BCUT2D eigenvalue weighted by atomic mass is 9.61. The Morgan fingerprint density at radius 1 is 0.654 bits per heavy atom. The van der Waals surface area contributed by atoms with Crippen LogP contribution in [0.15, 0.2) is 89.8 Å². The summed E-state index contributed by atoms with van der Waals surface area (Å²) in [6.45, 7) is 9.38. The van der Waals surface area contributed by atoms with Crippen LogP contribution < -0.4 is 0 Å². The van der Waals surface area contributed by atoms with Gasteiger partial charge in [-0.1, -0.05) is 99.6 Å². The molecule has 0 fully saturated rings. The van der Waals surface area contributed by atoms with Crippen molar-refractivity contribution in [2.45, 2.75) is 43.4 Å². The Balaban J connectivity index is 2.02. The third kappa shape index (κ3) is 3.59. The van der Waals surface area contributed by atoms with Crippen LogP contribution in [0.4, 0.5) is 0 Å². The Hall–Kier alpha value is -1.99. The van der Waals surface area contributed by atoms with Crippen molar-refractivity contribution in [3.8, 4) is 0 Å². The largest absolute Gasteiger partial charge is 0.125 e. The summed E-state index contributed by atoms with van der Waals surface area (Å²) < 4.78 is 0. The van der Waals surface area contributed by atoms with Gasteiger partial charge in [-0.3, -0.25) is 0 Å². The molecular weight excluding hydrogens is 332 g/mol. The molecule has 3 rings (SSSR count). The normalized spacial score (nSPS) is 14.0. The van der Waals surface area contributed by atoms with Crippen molar-refractivity contribution in [1.29, 1.82) is 0 Å². The van der Waals surface area contributed by atoms with E-state index in [0.717, 1.165) is 5.75 Å². The molecule has 0 aromatic heterocycles. The summed E-state index contributed by atoms with van der Waals surface area (Å²) in [5.74, 6) is 1.03. The highest BCUT2D eigenvalue weighted by Crippen LogP contribution is 2.47. The van der Waals surface area contributed by atoms with Crippen molar-refractivity contribution in [2.75, 3.05) is 5.75 Å². The maximum absolute atomic E-state index is 2.42. The zero-order valence-electron chi connectivity index (χ0n) is 16.2. The maximum Gasteiger partial charge on any atom is 0.0110 e. The summed E-state index contributed by atoms with van der Waals surface area (Å²) in [5.41, 5.74) is 4.14. The number of benzene rings is 3. The van der Waals surface area contributed by atoms with Gasteiger partial charge in [0.25, 0.3) is 0 Å². The van der Waals surface area contributed by atoms with E-state index in [1.807, 2.05) is 11.8 Å². The third-order valence-corrected chi connectivity index (χ3v) is 7.39. The van der Waals surface area contributed by atoms with Gasteiger partial charge in [0, 0.05) is 16.1 Å². The fourth-order valence-electron chi connectivity index (χ4n) is 3.54. The quantitative estimate of drug-likeness (QED) is 0.425. The molecule has 0 aliphatic carbocycles. The Kier molecular flexibility index (Phi) is 5.58. The van der Waals surface area contributed by atoms with Gasteiger partial charge in [0.15, 0.2) is 0 Å². The van der Waals surface area contributed by atoms with Crippen LogP contribution in [0.3, 0.4) is 0 Å². The summed E-state index contributed by atoms with van der Waals surface area (Å²) in [5, 5.41) is 0. The second kappa shape index (κ2) is 7.72. The minimum Gasteiger partial charge on any atom is -0.125 e. The molecule has 0 nitrogen and oxygen atoms in total. The first-order valence-corrected chi connectivity index (χ1v) is 10.2. The Morgan fingerprint density at radius 3 is 1.73 bits per heavy atom. The molecule has 0 saturated carbocycles. The van der Waals surface area contributed by atoms with E-state index in [4.69, 9.17) is 0 Å². The van der Waals surface area contributed by atoms with E-state index in [1.165, 1.54) is 21.6 Å². The maximum atomic E-state index is 2.42. The molecule has 1 heteroatoms. The van der Waals surface area contributed by atoms with Gasteiger partial charge < -0.3 is 0 Å². The monoisotopic (exact) mass is 360 g/mol. The van der Waals surface area contributed by atoms with E-state index in [0.29, 0.717) is 0 Å². The van der Waals surface area contributed by atoms with Crippen molar-refractivity contribution >= 4 is 11.8 Å². The highest BCUT2D eigenvalue weighted by molar-refractivity contribution is 7.99. The first kappa shape index (κ1) is 18.8. The summed E-state index contributed by atoms with van der Waals surface area (Å²) in [4.78, 5) is 1.37. The molecule has 0 aliphatic rings. The van der Waals surface area contributed by atoms with E-state index in [2.05, 4.69) is 113 Å². The lowest BCUT2D eigenvalue weighted by Gasteiger charge is -2.45. The first-order valence-electron chi connectivity index (χ1n) is 9.25.